The number of aromatic nitrogens is 1. The molecule has 0 aliphatic carbocycles. The van der Waals surface area contributed by atoms with Gasteiger partial charge in [-0.3, -0.25) is 0 Å². The van der Waals surface area contributed by atoms with Crippen LogP contribution in [0.2, 0.25) is 0 Å². The van der Waals surface area contributed by atoms with Crippen molar-refractivity contribution in [2.45, 2.75) is 19.0 Å². The average Bonchev–Trinajstić information content (AvgIpc) is 3.46. The molecule has 7 aromatic rings. The van der Waals surface area contributed by atoms with Gasteiger partial charge in [-0.2, -0.15) is 0 Å². The Morgan fingerprint density at radius 1 is 0.565 bits per heavy atom. The third kappa shape index (κ3) is 4.35. The van der Waals surface area contributed by atoms with Crippen LogP contribution in [0.15, 0.2) is 164 Å². The van der Waals surface area contributed by atoms with E-state index in [-0.39, 0.29) is 6.04 Å². The summed E-state index contributed by atoms with van der Waals surface area (Å²) < 4.78 is 2.45. The van der Waals surface area contributed by atoms with Crippen LogP contribution in [0.25, 0.3) is 65.7 Å². The van der Waals surface area contributed by atoms with E-state index in [2.05, 4.69) is 180 Å². The molecule has 6 aromatic carbocycles. The van der Waals surface area contributed by atoms with E-state index in [4.69, 9.17) is 0 Å². The summed E-state index contributed by atoms with van der Waals surface area (Å²) in [6, 6.07) is 44.9. The highest BCUT2D eigenvalue weighted by Crippen LogP contribution is 2.39. The van der Waals surface area contributed by atoms with E-state index in [1.165, 1.54) is 71.2 Å². The molecule has 2 atom stereocenters. The van der Waals surface area contributed by atoms with Gasteiger partial charge in [0.2, 0.25) is 0 Å². The van der Waals surface area contributed by atoms with Crippen LogP contribution in [0.3, 0.4) is 0 Å². The summed E-state index contributed by atoms with van der Waals surface area (Å²) in [6.07, 6.45) is 13.2. The molecule has 0 amide bonds. The molecule has 2 unspecified atom stereocenters. The number of fused-ring (bicyclic) bond motifs is 6. The molecule has 0 saturated carbocycles. The lowest BCUT2D eigenvalue weighted by atomic mass is 9.95. The molecular weight excluding hydrogens is 558 g/mol. The van der Waals surface area contributed by atoms with Crippen LogP contribution < -0.4 is 10.6 Å². The Labute approximate surface area is 268 Å². The van der Waals surface area contributed by atoms with Crippen molar-refractivity contribution in [1.29, 1.82) is 0 Å². The smallest absolute Gasteiger partial charge is 0.0710 e. The normalized spacial score (nSPS) is 17.7. The second kappa shape index (κ2) is 10.7. The molecule has 2 aliphatic heterocycles. The van der Waals surface area contributed by atoms with Gasteiger partial charge in [0.05, 0.1) is 17.1 Å². The second-order valence-electron chi connectivity index (χ2n) is 12.4. The maximum absolute atomic E-state index is 3.61. The molecule has 0 spiro atoms. The first kappa shape index (κ1) is 26.6. The third-order valence-electron chi connectivity index (χ3n) is 9.53. The summed E-state index contributed by atoms with van der Waals surface area (Å²) in [6.45, 7) is 2.16. The minimum Gasteiger partial charge on any atom is -0.385 e. The van der Waals surface area contributed by atoms with E-state index >= 15 is 0 Å². The van der Waals surface area contributed by atoms with Crippen LogP contribution in [0, 0.1) is 0 Å². The zero-order valence-corrected chi connectivity index (χ0v) is 25.6. The highest BCUT2D eigenvalue weighted by molar-refractivity contribution is 6.19. The summed E-state index contributed by atoms with van der Waals surface area (Å²) >= 11 is 0. The SMILES string of the molecule is CC1C=CC(C2C=CC(c3ccc4c5ccc6cc(-c7cccc8ccccc78)ccc6c5n(-c5ccccc5)c4c3)=CN2)=CN1. The molecule has 0 bridgehead atoms. The molecule has 3 nitrogen and oxygen atoms in total. The van der Waals surface area contributed by atoms with Crippen molar-refractivity contribution in [3.05, 3.63) is 169 Å². The van der Waals surface area contributed by atoms with Gasteiger partial charge in [-0.05, 0) is 75.2 Å². The first-order valence-electron chi connectivity index (χ1n) is 16.0. The maximum atomic E-state index is 3.61. The fourth-order valence-corrected chi connectivity index (χ4v) is 7.16. The van der Waals surface area contributed by atoms with Crippen LogP contribution in [0.5, 0.6) is 0 Å². The Kier molecular flexibility index (Phi) is 6.17. The first-order chi connectivity index (χ1) is 22.7. The number of dihydropyridines is 2. The lowest BCUT2D eigenvalue weighted by Gasteiger charge is -2.23. The Bertz CT molecular complexity index is 2430. The predicted octanol–water partition coefficient (Wildman–Crippen LogP) is 10.1. The van der Waals surface area contributed by atoms with Gasteiger partial charge in [0.25, 0.3) is 0 Å². The first-order valence-corrected chi connectivity index (χ1v) is 16.0. The number of para-hydroxylation sites is 1. The topological polar surface area (TPSA) is 29.0 Å². The predicted molar refractivity (Wildman–Crippen MR) is 195 cm³/mol. The molecule has 3 heteroatoms. The number of nitrogens with one attached hydrogen (secondary N) is 2. The van der Waals surface area contributed by atoms with Gasteiger partial charge >= 0.3 is 0 Å². The summed E-state index contributed by atoms with van der Waals surface area (Å²) in [4.78, 5) is 0. The molecule has 0 radical (unpaired) electrons. The van der Waals surface area contributed by atoms with E-state index in [0.29, 0.717) is 6.04 Å². The van der Waals surface area contributed by atoms with Crippen LogP contribution in [-0.4, -0.2) is 16.7 Å². The van der Waals surface area contributed by atoms with Crippen molar-refractivity contribution in [3.8, 4) is 16.8 Å². The molecule has 0 fully saturated rings. The monoisotopic (exact) mass is 591 g/mol. The van der Waals surface area contributed by atoms with E-state index < -0.39 is 0 Å². The van der Waals surface area contributed by atoms with Crippen molar-refractivity contribution in [1.82, 2.24) is 15.2 Å². The van der Waals surface area contributed by atoms with Gasteiger partial charge in [0.15, 0.2) is 0 Å². The Hall–Kier alpha value is -5.80. The number of hydrogen-bond donors (Lipinski definition) is 2. The van der Waals surface area contributed by atoms with Crippen LogP contribution in [-0.2, 0) is 0 Å². The molecule has 2 N–H and O–H groups in total. The number of benzene rings is 6. The molecule has 2 aliphatic rings. The standard InChI is InChI=1S/C43H33N3/c1-28-14-15-34(27-44-28)41-23-19-33(26-45-41)30-16-21-39-40-22-18-32-24-31(37-13-7-9-29-8-5-6-12-36(29)37)17-20-38(32)43(40)46(42(39)25-30)35-10-3-2-4-11-35/h2-28,41,44-45H,1H3. The summed E-state index contributed by atoms with van der Waals surface area (Å²) in [5.74, 6) is 0. The van der Waals surface area contributed by atoms with Crippen molar-refractivity contribution in [3.63, 3.8) is 0 Å². The summed E-state index contributed by atoms with van der Waals surface area (Å²) in [5.41, 5.74) is 9.71. The largest absolute Gasteiger partial charge is 0.385 e. The van der Waals surface area contributed by atoms with Gasteiger partial charge in [-0.25, -0.2) is 0 Å². The zero-order valence-electron chi connectivity index (χ0n) is 25.6. The molecular formula is C43H33N3. The maximum Gasteiger partial charge on any atom is 0.0710 e. The van der Waals surface area contributed by atoms with Gasteiger partial charge in [-0.15, -0.1) is 0 Å². The molecule has 3 heterocycles. The Balaban J connectivity index is 1.19. The van der Waals surface area contributed by atoms with Gasteiger partial charge in [-0.1, -0.05) is 121 Å². The lowest BCUT2D eigenvalue weighted by Crippen LogP contribution is -2.30. The fourth-order valence-electron chi connectivity index (χ4n) is 7.16. The van der Waals surface area contributed by atoms with Crippen molar-refractivity contribution < 1.29 is 0 Å². The summed E-state index contributed by atoms with van der Waals surface area (Å²) in [7, 11) is 0. The van der Waals surface area contributed by atoms with Gasteiger partial charge in [0, 0.05) is 40.3 Å². The highest BCUT2D eigenvalue weighted by atomic mass is 15.0. The summed E-state index contributed by atoms with van der Waals surface area (Å²) in [5, 5.41) is 14.6. The van der Waals surface area contributed by atoms with Crippen molar-refractivity contribution >= 4 is 48.9 Å². The number of allylic oxidation sites excluding steroid dienone is 2. The Morgan fingerprint density at radius 3 is 2.22 bits per heavy atom. The van der Waals surface area contributed by atoms with Crippen LogP contribution in [0.4, 0.5) is 0 Å². The average molecular weight is 592 g/mol. The van der Waals surface area contributed by atoms with E-state index in [1.54, 1.807) is 0 Å². The lowest BCUT2D eigenvalue weighted by molar-refractivity contribution is 0.720. The highest BCUT2D eigenvalue weighted by Gasteiger charge is 2.19. The van der Waals surface area contributed by atoms with Gasteiger partial charge < -0.3 is 15.2 Å². The van der Waals surface area contributed by atoms with Crippen LogP contribution in [0.1, 0.15) is 12.5 Å². The van der Waals surface area contributed by atoms with Crippen molar-refractivity contribution in [2.24, 2.45) is 0 Å². The molecule has 46 heavy (non-hydrogen) atoms. The zero-order chi connectivity index (χ0) is 30.6. The number of rotatable bonds is 4. The Morgan fingerprint density at radius 2 is 1.37 bits per heavy atom. The minimum absolute atomic E-state index is 0.157. The van der Waals surface area contributed by atoms with Crippen molar-refractivity contribution in [2.75, 3.05) is 0 Å². The molecule has 0 saturated heterocycles. The third-order valence-corrected chi connectivity index (χ3v) is 9.53. The van der Waals surface area contributed by atoms with E-state index in [1.807, 2.05) is 0 Å². The quantitative estimate of drug-likeness (QED) is 0.213. The molecule has 9 rings (SSSR count). The number of hydrogen-bond acceptors (Lipinski definition) is 2. The van der Waals surface area contributed by atoms with E-state index in [0.717, 1.165) is 5.69 Å². The molecule has 220 valence electrons. The van der Waals surface area contributed by atoms with Gasteiger partial charge in [0.1, 0.15) is 0 Å². The van der Waals surface area contributed by atoms with E-state index in [9.17, 15) is 0 Å². The fraction of sp³-hybridized carbons (Fsp3) is 0.0698. The minimum atomic E-state index is 0.157. The molecule has 1 aromatic heterocycles. The second-order valence-corrected chi connectivity index (χ2v) is 12.4. The number of nitrogens with zero attached hydrogens (tertiary/aromatic N) is 1. The van der Waals surface area contributed by atoms with Crippen LogP contribution >= 0.6 is 0 Å².